The molecule has 0 bridgehead atoms. The zero-order valence-electron chi connectivity index (χ0n) is 12.1. The Morgan fingerprint density at radius 2 is 1.95 bits per heavy atom. The van der Waals surface area contributed by atoms with Crippen LogP contribution in [0, 0.1) is 0 Å². The van der Waals surface area contributed by atoms with Crippen LogP contribution in [0.25, 0.3) is 0 Å². The molecule has 1 heterocycles. The lowest BCUT2D eigenvalue weighted by Crippen LogP contribution is -2.36. The third kappa shape index (κ3) is 3.91. The van der Waals surface area contributed by atoms with Gasteiger partial charge in [-0.2, -0.15) is 5.10 Å². The van der Waals surface area contributed by atoms with Crippen LogP contribution in [0.2, 0.25) is 0 Å². The molecule has 0 fully saturated rings. The van der Waals surface area contributed by atoms with Gasteiger partial charge in [-0.15, -0.1) is 0 Å². The monoisotopic (exact) mass is 323 g/mol. The molecule has 1 aliphatic rings. The number of rotatable bonds is 5. The van der Waals surface area contributed by atoms with E-state index in [0.717, 1.165) is 5.56 Å². The summed E-state index contributed by atoms with van der Waals surface area (Å²) in [6.07, 6.45) is 0.557. The Morgan fingerprint density at radius 3 is 2.50 bits per heavy atom. The number of nitrogens with zero attached hydrogens (tertiary/aromatic N) is 1. The van der Waals surface area contributed by atoms with Crippen LogP contribution in [0.3, 0.4) is 0 Å². The highest BCUT2D eigenvalue weighted by Gasteiger charge is 2.18. The van der Waals surface area contributed by atoms with E-state index in [2.05, 4.69) is 15.8 Å². The van der Waals surface area contributed by atoms with E-state index in [0.29, 0.717) is 6.42 Å². The number of benzene rings is 1. The molecule has 2 N–H and O–H groups in total. The van der Waals surface area contributed by atoms with Crippen molar-refractivity contribution in [1.29, 1.82) is 0 Å². The van der Waals surface area contributed by atoms with Crippen LogP contribution >= 0.6 is 0 Å². The van der Waals surface area contributed by atoms with E-state index in [9.17, 15) is 18.0 Å². The fraction of sp³-hybridized carbons (Fsp3) is 0.357. The Hall–Kier alpha value is -2.22. The van der Waals surface area contributed by atoms with Gasteiger partial charge in [0.2, 0.25) is 5.91 Å². The highest BCUT2D eigenvalue weighted by atomic mass is 32.2. The molecule has 0 unspecified atom stereocenters. The molecule has 7 nitrogen and oxygen atoms in total. The SMILES string of the molecule is CCS(=O)(=O)c1ccc(CNC(=O)C2=NNC(=O)CC2)cc1. The molecule has 0 spiro atoms. The van der Waals surface area contributed by atoms with Crippen molar-refractivity contribution in [2.24, 2.45) is 5.10 Å². The molecule has 0 radical (unpaired) electrons. The highest BCUT2D eigenvalue weighted by molar-refractivity contribution is 7.91. The van der Waals surface area contributed by atoms with Crippen molar-refractivity contribution in [2.45, 2.75) is 31.2 Å². The minimum atomic E-state index is -3.22. The molecule has 1 aromatic carbocycles. The average molecular weight is 323 g/mol. The van der Waals surface area contributed by atoms with Gasteiger partial charge in [0, 0.05) is 19.4 Å². The third-order valence-electron chi connectivity index (χ3n) is 3.28. The van der Waals surface area contributed by atoms with Crippen molar-refractivity contribution in [1.82, 2.24) is 10.7 Å². The maximum Gasteiger partial charge on any atom is 0.267 e. The van der Waals surface area contributed by atoms with Crippen molar-refractivity contribution in [3.05, 3.63) is 29.8 Å². The van der Waals surface area contributed by atoms with Crippen LogP contribution < -0.4 is 10.7 Å². The fourth-order valence-corrected chi connectivity index (χ4v) is 2.79. The van der Waals surface area contributed by atoms with Gasteiger partial charge in [-0.1, -0.05) is 19.1 Å². The van der Waals surface area contributed by atoms with Crippen LogP contribution in [-0.4, -0.2) is 31.7 Å². The smallest absolute Gasteiger partial charge is 0.267 e. The summed E-state index contributed by atoms with van der Waals surface area (Å²) in [6, 6.07) is 6.37. The van der Waals surface area contributed by atoms with Gasteiger partial charge in [0.25, 0.3) is 5.91 Å². The van der Waals surface area contributed by atoms with Gasteiger partial charge < -0.3 is 5.32 Å². The van der Waals surface area contributed by atoms with Gasteiger partial charge >= 0.3 is 0 Å². The van der Waals surface area contributed by atoms with E-state index in [1.807, 2.05) is 0 Å². The molecule has 0 aliphatic carbocycles. The highest BCUT2D eigenvalue weighted by Crippen LogP contribution is 2.12. The van der Waals surface area contributed by atoms with Gasteiger partial charge in [0.05, 0.1) is 10.6 Å². The quantitative estimate of drug-likeness (QED) is 0.816. The van der Waals surface area contributed by atoms with E-state index < -0.39 is 9.84 Å². The summed E-state index contributed by atoms with van der Waals surface area (Å²) in [4.78, 5) is 23.1. The van der Waals surface area contributed by atoms with E-state index in [-0.39, 0.29) is 41.1 Å². The molecular formula is C14H17N3O4S. The summed E-state index contributed by atoms with van der Waals surface area (Å²) in [5, 5.41) is 6.39. The number of carbonyl (C=O) groups excluding carboxylic acids is 2. The minimum absolute atomic E-state index is 0.0502. The number of carbonyl (C=O) groups is 2. The van der Waals surface area contributed by atoms with Crippen LogP contribution in [0.5, 0.6) is 0 Å². The summed E-state index contributed by atoms with van der Waals surface area (Å²) in [5.74, 6) is -0.497. The zero-order chi connectivity index (χ0) is 16.2. The van der Waals surface area contributed by atoms with Gasteiger partial charge in [-0.25, -0.2) is 13.8 Å². The van der Waals surface area contributed by atoms with Crippen LogP contribution in [0.1, 0.15) is 25.3 Å². The number of sulfone groups is 1. The Balaban J connectivity index is 1.95. The largest absolute Gasteiger partial charge is 0.347 e. The Morgan fingerprint density at radius 1 is 1.27 bits per heavy atom. The maximum atomic E-state index is 11.9. The van der Waals surface area contributed by atoms with Gasteiger partial charge in [-0.3, -0.25) is 9.59 Å². The van der Waals surface area contributed by atoms with E-state index in [1.54, 1.807) is 19.1 Å². The van der Waals surface area contributed by atoms with E-state index in [4.69, 9.17) is 0 Å². The van der Waals surface area contributed by atoms with Gasteiger partial charge in [0.15, 0.2) is 9.84 Å². The van der Waals surface area contributed by atoms with E-state index >= 15 is 0 Å². The van der Waals surface area contributed by atoms with Crippen LogP contribution in [0.15, 0.2) is 34.3 Å². The lowest BCUT2D eigenvalue weighted by Gasteiger charge is -2.12. The predicted octanol–water partition coefficient (Wildman–Crippen LogP) is 0.362. The normalized spacial score (nSPS) is 15.0. The number of hydrogen-bond donors (Lipinski definition) is 2. The first-order valence-electron chi connectivity index (χ1n) is 6.87. The molecule has 1 aromatic rings. The summed E-state index contributed by atoms with van der Waals surface area (Å²) in [5.41, 5.74) is 3.33. The zero-order valence-corrected chi connectivity index (χ0v) is 12.9. The number of nitrogens with one attached hydrogen (secondary N) is 2. The number of amides is 2. The fourth-order valence-electron chi connectivity index (χ4n) is 1.90. The van der Waals surface area contributed by atoms with Crippen LogP contribution in [0.4, 0.5) is 0 Å². The first kappa shape index (κ1) is 16.2. The molecule has 0 saturated heterocycles. The molecule has 2 amide bonds. The molecule has 118 valence electrons. The van der Waals surface area contributed by atoms with Crippen molar-refractivity contribution in [3.8, 4) is 0 Å². The van der Waals surface area contributed by atoms with Crippen molar-refractivity contribution >= 4 is 27.4 Å². The first-order valence-corrected chi connectivity index (χ1v) is 8.53. The number of hydrogen-bond acceptors (Lipinski definition) is 5. The Bertz CT molecular complexity index is 708. The maximum absolute atomic E-state index is 11.9. The second-order valence-corrected chi connectivity index (χ2v) is 7.10. The second kappa shape index (κ2) is 6.69. The van der Waals surface area contributed by atoms with E-state index in [1.165, 1.54) is 12.1 Å². The summed E-state index contributed by atoms with van der Waals surface area (Å²) in [6.45, 7) is 1.85. The standard InChI is InChI=1S/C14H17N3O4S/c1-2-22(20,21)11-5-3-10(4-6-11)9-15-14(19)12-7-8-13(18)17-16-12/h3-6H,2,7-9H2,1H3,(H,15,19)(H,17,18). The van der Waals surface area contributed by atoms with Crippen molar-refractivity contribution in [3.63, 3.8) is 0 Å². The van der Waals surface area contributed by atoms with Crippen LogP contribution in [-0.2, 0) is 26.0 Å². The molecule has 0 saturated carbocycles. The van der Waals surface area contributed by atoms with Crippen molar-refractivity contribution in [2.75, 3.05) is 5.75 Å². The summed E-state index contributed by atoms with van der Waals surface area (Å²) < 4.78 is 23.4. The van der Waals surface area contributed by atoms with Gasteiger partial charge in [-0.05, 0) is 17.7 Å². The molecule has 0 atom stereocenters. The average Bonchev–Trinajstić information content (AvgIpc) is 2.53. The summed E-state index contributed by atoms with van der Waals surface area (Å²) in [7, 11) is -3.22. The lowest BCUT2D eigenvalue weighted by molar-refractivity contribution is -0.121. The predicted molar refractivity (Wildman–Crippen MR) is 80.8 cm³/mol. The number of hydrazone groups is 1. The Kier molecular flexibility index (Phi) is 4.92. The third-order valence-corrected chi connectivity index (χ3v) is 5.03. The molecule has 1 aliphatic heterocycles. The molecule has 8 heteroatoms. The lowest BCUT2D eigenvalue weighted by atomic mass is 10.1. The second-order valence-electron chi connectivity index (χ2n) is 4.82. The molecule has 0 aromatic heterocycles. The summed E-state index contributed by atoms with van der Waals surface area (Å²) >= 11 is 0. The molecule has 2 rings (SSSR count). The molecular weight excluding hydrogens is 306 g/mol. The molecule has 22 heavy (non-hydrogen) atoms. The Labute approximate surface area is 128 Å². The minimum Gasteiger partial charge on any atom is -0.347 e. The van der Waals surface area contributed by atoms with Crippen molar-refractivity contribution < 1.29 is 18.0 Å². The first-order chi connectivity index (χ1) is 10.4. The van der Waals surface area contributed by atoms with Gasteiger partial charge in [0.1, 0.15) is 5.71 Å². The topological polar surface area (TPSA) is 105 Å².